The molecule has 5 rings (SSSR count). The van der Waals surface area contributed by atoms with E-state index in [1.165, 1.54) is 24.0 Å². The van der Waals surface area contributed by atoms with Gasteiger partial charge < -0.3 is 4.98 Å². The van der Waals surface area contributed by atoms with Crippen molar-refractivity contribution in [2.45, 2.75) is 65.2 Å². The molecule has 0 atom stereocenters. The number of H-pyrrole nitrogens is 1. The molecule has 0 bridgehead atoms. The number of pyridine rings is 1. The first-order valence-electron chi connectivity index (χ1n) is 11.7. The van der Waals surface area contributed by atoms with E-state index in [0.717, 1.165) is 40.7 Å². The summed E-state index contributed by atoms with van der Waals surface area (Å²) >= 11 is 0. The molecule has 170 valence electrons. The summed E-state index contributed by atoms with van der Waals surface area (Å²) in [5.74, 6) is 0.863. The van der Waals surface area contributed by atoms with Crippen LogP contribution < -0.4 is 5.56 Å². The van der Waals surface area contributed by atoms with Crippen molar-refractivity contribution in [3.05, 3.63) is 87.0 Å². The molecule has 0 spiro atoms. The number of aryl methyl sites for hydroxylation is 2. The average Bonchev–Trinajstić information content (AvgIpc) is 3.50. The minimum atomic E-state index is -0.0374. The quantitative estimate of drug-likeness (QED) is 0.457. The number of hydrogen-bond donors (Lipinski definition) is 1. The lowest BCUT2D eigenvalue weighted by atomic mass is 10.0. The van der Waals surface area contributed by atoms with Gasteiger partial charge in [-0.1, -0.05) is 55.3 Å². The van der Waals surface area contributed by atoms with Gasteiger partial charge >= 0.3 is 0 Å². The monoisotopic (exact) mass is 442 g/mol. The summed E-state index contributed by atoms with van der Waals surface area (Å²) < 4.78 is 2.00. The Kier molecular flexibility index (Phi) is 6.05. The molecular weight excluding hydrogens is 412 g/mol. The summed E-state index contributed by atoms with van der Waals surface area (Å²) in [5.41, 5.74) is 5.12. The van der Waals surface area contributed by atoms with Crippen molar-refractivity contribution in [2.75, 3.05) is 0 Å². The van der Waals surface area contributed by atoms with Crippen LogP contribution in [-0.4, -0.2) is 30.1 Å². The molecule has 0 radical (unpaired) electrons. The predicted octanol–water partition coefficient (Wildman–Crippen LogP) is 4.45. The maximum atomic E-state index is 13.0. The second-order valence-corrected chi connectivity index (χ2v) is 9.20. The predicted molar refractivity (Wildman–Crippen MR) is 129 cm³/mol. The standard InChI is InChI=1S/C26H30N6O/c1-18-12-13-21-14-22(26(33)27-25(21)19(18)2)16-31(15-20-8-4-3-5-9-20)17-24-28-29-30-32(24)23-10-6-7-11-23/h3-5,8-9,12-14,23H,6-7,10-11,15-17H2,1-2H3,(H,27,33). The van der Waals surface area contributed by atoms with Gasteiger partial charge in [-0.15, -0.1) is 5.10 Å². The van der Waals surface area contributed by atoms with Crippen LogP contribution in [0.4, 0.5) is 0 Å². The second-order valence-electron chi connectivity index (χ2n) is 9.20. The Labute approximate surface area is 193 Å². The van der Waals surface area contributed by atoms with E-state index in [2.05, 4.69) is 63.5 Å². The molecule has 7 nitrogen and oxygen atoms in total. The van der Waals surface area contributed by atoms with Gasteiger partial charge in [0.15, 0.2) is 5.82 Å². The summed E-state index contributed by atoms with van der Waals surface area (Å²) in [6.07, 6.45) is 4.70. The SMILES string of the molecule is Cc1ccc2cc(CN(Cc3ccccc3)Cc3nnnn3C3CCCC3)c(=O)[nH]c2c1C. The molecule has 1 fully saturated rings. The number of hydrogen-bond acceptors (Lipinski definition) is 5. The van der Waals surface area contributed by atoms with Crippen LogP contribution in [0.2, 0.25) is 0 Å². The number of rotatable bonds is 7. The van der Waals surface area contributed by atoms with Crippen molar-refractivity contribution < 1.29 is 0 Å². The van der Waals surface area contributed by atoms with E-state index in [9.17, 15) is 4.79 Å². The zero-order valence-corrected chi connectivity index (χ0v) is 19.3. The van der Waals surface area contributed by atoms with E-state index < -0.39 is 0 Å². The Morgan fingerprint density at radius 1 is 1.03 bits per heavy atom. The zero-order valence-electron chi connectivity index (χ0n) is 19.3. The Bertz CT molecular complexity index is 1300. The minimum Gasteiger partial charge on any atom is -0.321 e. The maximum absolute atomic E-state index is 13.0. The van der Waals surface area contributed by atoms with Crippen molar-refractivity contribution in [2.24, 2.45) is 0 Å². The minimum absolute atomic E-state index is 0.0374. The molecule has 33 heavy (non-hydrogen) atoms. The van der Waals surface area contributed by atoms with Crippen molar-refractivity contribution in [3.8, 4) is 0 Å². The molecule has 2 aromatic heterocycles. The van der Waals surface area contributed by atoms with Crippen molar-refractivity contribution in [1.29, 1.82) is 0 Å². The van der Waals surface area contributed by atoms with E-state index >= 15 is 0 Å². The van der Waals surface area contributed by atoms with Crippen LogP contribution in [0, 0.1) is 13.8 Å². The zero-order chi connectivity index (χ0) is 22.8. The Morgan fingerprint density at radius 2 is 1.82 bits per heavy atom. The normalized spacial score (nSPS) is 14.5. The lowest BCUT2D eigenvalue weighted by Crippen LogP contribution is -2.28. The highest BCUT2D eigenvalue weighted by atomic mass is 16.1. The summed E-state index contributed by atoms with van der Waals surface area (Å²) in [4.78, 5) is 18.4. The first-order valence-corrected chi connectivity index (χ1v) is 11.7. The largest absolute Gasteiger partial charge is 0.321 e. The fraction of sp³-hybridized carbons (Fsp3) is 0.385. The van der Waals surface area contributed by atoms with E-state index in [4.69, 9.17) is 0 Å². The number of nitrogens with zero attached hydrogens (tertiary/aromatic N) is 5. The maximum Gasteiger partial charge on any atom is 0.252 e. The van der Waals surface area contributed by atoms with Crippen LogP contribution in [0.5, 0.6) is 0 Å². The Balaban J connectivity index is 1.46. The number of tetrazole rings is 1. The lowest BCUT2D eigenvalue weighted by molar-refractivity contribution is 0.231. The summed E-state index contributed by atoms with van der Waals surface area (Å²) in [6, 6.07) is 16.9. The fourth-order valence-corrected chi connectivity index (χ4v) is 4.89. The van der Waals surface area contributed by atoms with E-state index in [1.807, 2.05) is 28.9 Å². The topological polar surface area (TPSA) is 79.7 Å². The van der Waals surface area contributed by atoms with Gasteiger partial charge in [0.05, 0.1) is 18.1 Å². The average molecular weight is 443 g/mol. The Morgan fingerprint density at radius 3 is 2.61 bits per heavy atom. The van der Waals surface area contributed by atoms with Gasteiger partial charge in [0.1, 0.15) is 0 Å². The van der Waals surface area contributed by atoms with Crippen LogP contribution in [0.3, 0.4) is 0 Å². The van der Waals surface area contributed by atoms with Crippen LogP contribution in [0.25, 0.3) is 10.9 Å². The number of aromatic nitrogens is 5. The van der Waals surface area contributed by atoms with Crippen molar-refractivity contribution in [3.63, 3.8) is 0 Å². The van der Waals surface area contributed by atoms with Crippen LogP contribution in [0.1, 0.15) is 59.8 Å². The van der Waals surface area contributed by atoms with Gasteiger partial charge in [-0.3, -0.25) is 9.69 Å². The molecule has 2 heterocycles. The molecule has 4 aromatic rings. The molecule has 1 N–H and O–H groups in total. The summed E-state index contributed by atoms with van der Waals surface area (Å²) in [6.45, 7) is 5.94. The molecule has 0 saturated heterocycles. The Hall–Kier alpha value is -3.32. The van der Waals surface area contributed by atoms with Gasteiger partial charge in [0, 0.05) is 18.7 Å². The number of aromatic amines is 1. The molecule has 1 saturated carbocycles. The van der Waals surface area contributed by atoms with Gasteiger partial charge in [-0.05, 0) is 65.3 Å². The highest BCUT2D eigenvalue weighted by molar-refractivity contribution is 5.83. The number of fused-ring (bicyclic) bond motifs is 1. The smallest absolute Gasteiger partial charge is 0.252 e. The molecular formula is C26H30N6O. The highest BCUT2D eigenvalue weighted by Crippen LogP contribution is 2.29. The third kappa shape index (κ3) is 4.59. The number of nitrogens with one attached hydrogen (secondary N) is 1. The molecule has 0 amide bonds. The first kappa shape index (κ1) is 21.5. The lowest BCUT2D eigenvalue weighted by Gasteiger charge is -2.23. The second kappa shape index (κ2) is 9.27. The van der Waals surface area contributed by atoms with Crippen LogP contribution in [-0.2, 0) is 19.6 Å². The molecule has 2 aromatic carbocycles. The fourth-order valence-electron chi connectivity index (χ4n) is 4.89. The molecule has 1 aliphatic rings. The van der Waals surface area contributed by atoms with Crippen molar-refractivity contribution in [1.82, 2.24) is 30.1 Å². The van der Waals surface area contributed by atoms with Gasteiger partial charge in [0.2, 0.25) is 0 Å². The van der Waals surface area contributed by atoms with Gasteiger partial charge in [-0.25, -0.2) is 4.68 Å². The molecule has 7 heteroatoms. The van der Waals surface area contributed by atoms with Crippen LogP contribution >= 0.6 is 0 Å². The van der Waals surface area contributed by atoms with E-state index in [-0.39, 0.29) is 5.56 Å². The first-order chi connectivity index (χ1) is 16.1. The molecule has 1 aliphatic carbocycles. The van der Waals surface area contributed by atoms with E-state index in [0.29, 0.717) is 25.7 Å². The van der Waals surface area contributed by atoms with Gasteiger partial charge in [-0.2, -0.15) is 0 Å². The third-order valence-electron chi connectivity index (χ3n) is 6.87. The molecule has 0 unspecified atom stereocenters. The van der Waals surface area contributed by atoms with Crippen LogP contribution in [0.15, 0.2) is 53.3 Å². The third-order valence-corrected chi connectivity index (χ3v) is 6.87. The summed E-state index contributed by atoms with van der Waals surface area (Å²) in [5, 5.41) is 13.7. The number of benzene rings is 2. The summed E-state index contributed by atoms with van der Waals surface area (Å²) in [7, 11) is 0. The highest BCUT2D eigenvalue weighted by Gasteiger charge is 2.23. The van der Waals surface area contributed by atoms with Crippen molar-refractivity contribution >= 4 is 10.9 Å². The van der Waals surface area contributed by atoms with E-state index in [1.54, 1.807) is 0 Å². The molecule has 0 aliphatic heterocycles. The van der Waals surface area contributed by atoms with Gasteiger partial charge in [0.25, 0.3) is 5.56 Å².